The van der Waals surface area contributed by atoms with Gasteiger partial charge in [-0.3, -0.25) is 11.3 Å². The lowest BCUT2D eigenvalue weighted by molar-refractivity contribution is 0.505. The first kappa shape index (κ1) is 15.4. The Bertz CT molecular complexity index is 601. The Morgan fingerprint density at radius 2 is 1.95 bits per heavy atom. The van der Waals surface area contributed by atoms with E-state index in [2.05, 4.69) is 12.3 Å². The quantitative estimate of drug-likeness (QED) is 0.497. The molecule has 6 heteroatoms. The lowest BCUT2D eigenvalue weighted by Crippen LogP contribution is -2.30. The van der Waals surface area contributed by atoms with Crippen molar-refractivity contribution in [3.05, 3.63) is 56.2 Å². The number of nitrogens with two attached hydrogens (primary N) is 1. The zero-order chi connectivity index (χ0) is 14.7. The van der Waals surface area contributed by atoms with E-state index in [1.807, 2.05) is 12.1 Å². The summed E-state index contributed by atoms with van der Waals surface area (Å²) < 4.78 is 27.4. The molecule has 1 heterocycles. The highest BCUT2D eigenvalue weighted by molar-refractivity contribution is 7.11. The molecule has 0 radical (unpaired) electrons. The van der Waals surface area contributed by atoms with Crippen LogP contribution in [0.2, 0.25) is 5.02 Å². The van der Waals surface area contributed by atoms with Gasteiger partial charge in [0.15, 0.2) is 0 Å². The molecule has 108 valence electrons. The SMILES string of the molecule is CCc1ccc(CC(NN)c2cc(F)c(Cl)cc2F)s1. The molecular weight excluding hydrogens is 302 g/mol. The van der Waals surface area contributed by atoms with Crippen LogP contribution in [0.4, 0.5) is 8.78 Å². The maximum Gasteiger partial charge on any atom is 0.142 e. The average Bonchev–Trinajstić information content (AvgIpc) is 2.88. The molecule has 0 bridgehead atoms. The molecule has 3 N–H and O–H groups in total. The van der Waals surface area contributed by atoms with Crippen LogP contribution in [0.1, 0.15) is 28.3 Å². The van der Waals surface area contributed by atoms with Gasteiger partial charge in [-0.2, -0.15) is 0 Å². The van der Waals surface area contributed by atoms with Gasteiger partial charge in [0.2, 0.25) is 0 Å². The molecular formula is C14H15ClF2N2S. The van der Waals surface area contributed by atoms with Crippen LogP contribution >= 0.6 is 22.9 Å². The summed E-state index contributed by atoms with van der Waals surface area (Å²) >= 11 is 7.20. The number of hydrogen-bond acceptors (Lipinski definition) is 3. The standard InChI is InChI=1S/C14H15ClF2N2S/c1-2-8-3-4-9(20-8)5-14(19-18)10-6-13(17)11(15)7-12(10)16/h3-4,6-7,14,19H,2,5,18H2,1H3. The summed E-state index contributed by atoms with van der Waals surface area (Å²) in [6.07, 6.45) is 1.45. The van der Waals surface area contributed by atoms with E-state index < -0.39 is 17.7 Å². The van der Waals surface area contributed by atoms with Gasteiger partial charge in [0, 0.05) is 21.7 Å². The minimum atomic E-state index is -0.649. The Morgan fingerprint density at radius 3 is 2.55 bits per heavy atom. The monoisotopic (exact) mass is 316 g/mol. The molecule has 1 aromatic heterocycles. The molecule has 20 heavy (non-hydrogen) atoms. The van der Waals surface area contributed by atoms with Gasteiger partial charge in [-0.1, -0.05) is 18.5 Å². The highest BCUT2D eigenvalue weighted by Crippen LogP contribution is 2.28. The van der Waals surface area contributed by atoms with Gasteiger partial charge in [-0.05, 0) is 30.7 Å². The van der Waals surface area contributed by atoms with Crippen molar-refractivity contribution < 1.29 is 8.78 Å². The number of rotatable bonds is 5. The summed E-state index contributed by atoms with van der Waals surface area (Å²) in [5, 5.41) is -0.230. The molecule has 0 aliphatic rings. The fourth-order valence-electron chi connectivity index (χ4n) is 1.99. The Hall–Kier alpha value is -1.01. The van der Waals surface area contributed by atoms with Gasteiger partial charge in [0.25, 0.3) is 0 Å². The van der Waals surface area contributed by atoms with Crippen molar-refractivity contribution in [3.8, 4) is 0 Å². The third-order valence-electron chi connectivity index (χ3n) is 3.09. The molecule has 0 saturated carbocycles. The summed E-state index contributed by atoms with van der Waals surface area (Å²) in [6.45, 7) is 2.07. The Labute approximate surface area is 125 Å². The first-order valence-corrected chi connectivity index (χ1v) is 7.42. The summed E-state index contributed by atoms with van der Waals surface area (Å²) in [5.74, 6) is 4.27. The lowest BCUT2D eigenvalue weighted by atomic mass is 10.0. The predicted molar refractivity (Wildman–Crippen MR) is 78.8 cm³/mol. The van der Waals surface area contributed by atoms with Crippen molar-refractivity contribution >= 4 is 22.9 Å². The van der Waals surface area contributed by atoms with Crippen LogP contribution in [-0.4, -0.2) is 0 Å². The fraction of sp³-hybridized carbons (Fsp3) is 0.286. The third kappa shape index (κ3) is 3.35. The van der Waals surface area contributed by atoms with Gasteiger partial charge in [-0.25, -0.2) is 8.78 Å². The normalized spacial score (nSPS) is 12.7. The van der Waals surface area contributed by atoms with Crippen LogP contribution in [0.25, 0.3) is 0 Å². The Balaban J connectivity index is 2.26. The molecule has 2 aromatic rings. The van der Waals surface area contributed by atoms with Crippen LogP contribution in [-0.2, 0) is 12.8 Å². The molecule has 0 fully saturated rings. The van der Waals surface area contributed by atoms with Crippen LogP contribution in [0.5, 0.6) is 0 Å². The summed E-state index contributed by atoms with van der Waals surface area (Å²) in [6, 6.07) is 5.59. The van der Waals surface area contributed by atoms with E-state index >= 15 is 0 Å². The first-order chi connectivity index (χ1) is 9.55. The number of halogens is 3. The lowest BCUT2D eigenvalue weighted by Gasteiger charge is -2.16. The number of hydrogen-bond donors (Lipinski definition) is 2. The average molecular weight is 317 g/mol. The topological polar surface area (TPSA) is 38.0 Å². The van der Waals surface area contributed by atoms with Gasteiger partial charge >= 0.3 is 0 Å². The first-order valence-electron chi connectivity index (χ1n) is 6.23. The molecule has 0 spiro atoms. The second kappa shape index (κ2) is 6.63. The van der Waals surface area contributed by atoms with E-state index in [9.17, 15) is 8.78 Å². The largest absolute Gasteiger partial charge is 0.271 e. The van der Waals surface area contributed by atoms with Gasteiger partial charge in [0.1, 0.15) is 11.6 Å². The van der Waals surface area contributed by atoms with Crippen molar-refractivity contribution in [1.82, 2.24) is 5.43 Å². The molecule has 0 saturated heterocycles. The number of nitrogens with one attached hydrogen (secondary N) is 1. The van der Waals surface area contributed by atoms with Crippen LogP contribution in [0, 0.1) is 11.6 Å². The predicted octanol–water partition coefficient (Wildman–Crippen LogP) is 3.99. The zero-order valence-corrected chi connectivity index (χ0v) is 12.5. The number of hydrazine groups is 1. The fourth-order valence-corrected chi connectivity index (χ4v) is 3.14. The van der Waals surface area contributed by atoms with Crippen molar-refractivity contribution in [1.29, 1.82) is 0 Å². The van der Waals surface area contributed by atoms with Crippen LogP contribution in [0.15, 0.2) is 24.3 Å². The highest BCUT2D eigenvalue weighted by Gasteiger charge is 2.18. The molecule has 0 aliphatic carbocycles. The smallest absolute Gasteiger partial charge is 0.142 e. The summed E-state index contributed by atoms with van der Waals surface area (Å²) in [4.78, 5) is 2.32. The van der Waals surface area contributed by atoms with Crippen molar-refractivity contribution in [3.63, 3.8) is 0 Å². The summed E-state index contributed by atoms with van der Waals surface area (Å²) in [5.41, 5.74) is 2.72. The Morgan fingerprint density at radius 1 is 1.25 bits per heavy atom. The molecule has 1 aromatic carbocycles. The van der Waals surface area contributed by atoms with E-state index in [1.165, 1.54) is 4.88 Å². The van der Waals surface area contributed by atoms with E-state index in [0.717, 1.165) is 23.4 Å². The maximum atomic E-state index is 13.9. The van der Waals surface area contributed by atoms with Crippen LogP contribution < -0.4 is 11.3 Å². The number of aryl methyl sites for hydroxylation is 1. The van der Waals surface area contributed by atoms with Crippen molar-refractivity contribution in [2.24, 2.45) is 5.84 Å². The van der Waals surface area contributed by atoms with E-state index in [1.54, 1.807) is 11.3 Å². The van der Waals surface area contributed by atoms with E-state index in [-0.39, 0.29) is 10.6 Å². The second-order valence-corrected chi connectivity index (χ2v) is 6.09. The van der Waals surface area contributed by atoms with Gasteiger partial charge < -0.3 is 0 Å². The maximum absolute atomic E-state index is 13.9. The Kier molecular flexibility index (Phi) is 5.10. The molecule has 1 unspecified atom stereocenters. The zero-order valence-electron chi connectivity index (χ0n) is 10.9. The molecule has 2 rings (SSSR count). The molecule has 0 aliphatic heterocycles. The minimum Gasteiger partial charge on any atom is -0.271 e. The van der Waals surface area contributed by atoms with Crippen molar-refractivity contribution in [2.45, 2.75) is 25.8 Å². The number of thiophene rings is 1. The van der Waals surface area contributed by atoms with E-state index in [0.29, 0.717) is 6.42 Å². The highest BCUT2D eigenvalue weighted by atomic mass is 35.5. The van der Waals surface area contributed by atoms with Gasteiger partial charge in [-0.15, -0.1) is 11.3 Å². The third-order valence-corrected chi connectivity index (χ3v) is 4.63. The van der Waals surface area contributed by atoms with Gasteiger partial charge in [0.05, 0.1) is 11.1 Å². The number of benzene rings is 1. The van der Waals surface area contributed by atoms with Crippen molar-refractivity contribution in [2.75, 3.05) is 0 Å². The van der Waals surface area contributed by atoms with E-state index in [4.69, 9.17) is 17.4 Å². The second-order valence-electron chi connectivity index (χ2n) is 4.43. The summed E-state index contributed by atoms with van der Waals surface area (Å²) in [7, 11) is 0. The molecule has 2 nitrogen and oxygen atoms in total. The molecule has 1 atom stereocenters. The van der Waals surface area contributed by atoms with Crippen LogP contribution in [0.3, 0.4) is 0 Å². The minimum absolute atomic E-state index is 0.181. The molecule has 0 amide bonds.